The molecule has 122 valence electrons. The van der Waals surface area contributed by atoms with Gasteiger partial charge >= 0.3 is 0 Å². The second-order valence-electron chi connectivity index (χ2n) is 6.42. The summed E-state index contributed by atoms with van der Waals surface area (Å²) in [6.07, 6.45) is 3.43. The predicted octanol–water partition coefficient (Wildman–Crippen LogP) is 1.11. The number of rotatable bonds is 4. The molecule has 0 radical (unpaired) electrons. The van der Waals surface area contributed by atoms with Gasteiger partial charge in [-0.2, -0.15) is 0 Å². The van der Waals surface area contributed by atoms with Gasteiger partial charge in [-0.1, -0.05) is 5.16 Å². The zero-order valence-corrected chi connectivity index (χ0v) is 13.5. The van der Waals surface area contributed by atoms with Crippen LogP contribution < -0.4 is 0 Å². The van der Waals surface area contributed by atoms with Crippen molar-refractivity contribution < 1.29 is 9.32 Å². The van der Waals surface area contributed by atoms with Gasteiger partial charge in [-0.25, -0.2) is 0 Å². The van der Waals surface area contributed by atoms with E-state index in [9.17, 15) is 4.79 Å². The lowest BCUT2D eigenvalue weighted by atomic mass is 10.3. The van der Waals surface area contributed by atoms with E-state index in [2.05, 4.69) is 15.0 Å². The zero-order valence-electron chi connectivity index (χ0n) is 13.5. The minimum atomic E-state index is 0.304. The average Bonchev–Trinajstić information content (AvgIpc) is 3.11. The third kappa shape index (κ3) is 4.08. The summed E-state index contributed by atoms with van der Waals surface area (Å²) < 4.78 is 5.13. The van der Waals surface area contributed by atoms with Crippen molar-refractivity contribution in [2.45, 2.75) is 32.7 Å². The molecule has 0 aliphatic carbocycles. The Morgan fingerprint density at radius 1 is 1.09 bits per heavy atom. The van der Waals surface area contributed by atoms with Crippen LogP contribution in [0.4, 0.5) is 0 Å². The van der Waals surface area contributed by atoms with Crippen LogP contribution in [0.15, 0.2) is 10.6 Å². The van der Waals surface area contributed by atoms with Gasteiger partial charge in [-0.3, -0.25) is 14.6 Å². The molecule has 2 aliphatic rings. The lowest BCUT2D eigenvalue weighted by molar-refractivity contribution is -0.131. The first-order chi connectivity index (χ1) is 10.7. The molecule has 0 atom stereocenters. The van der Waals surface area contributed by atoms with E-state index in [1.807, 2.05) is 17.9 Å². The Labute approximate surface area is 132 Å². The SMILES string of the molecule is Cc1cc(CN2CCCN(CC(=O)N3CCCC3)CC2)no1. The summed E-state index contributed by atoms with van der Waals surface area (Å²) in [7, 11) is 0. The molecule has 6 heteroatoms. The molecule has 22 heavy (non-hydrogen) atoms. The highest BCUT2D eigenvalue weighted by molar-refractivity contribution is 5.78. The van der Waals surface area contributed by atoms with Crippen molar-refractivity contribution in [2.24, 2.45) is 0 Å². The van der Waals surface area contributed by atoms with Gasteiger partial charge in [0, 0.05) is 38.8 Å². The molecule has 3 heterocycles. The number of carbonyl (C=O) groups excluding carboxylic acids is 1. The standard InChI is InChI=1S/C16H26N4O2/c1-14-11-15(17-22-14)12-18-5-4-6-19(10-9-18)13-16(21)20-7-2-3-8-20/h11H,2-10,12-13H2,1H3. The number of hydrogen-bond acceptors (Lipinski definition) is 5. The maximum absolute atomic E-state index is 12.2. The Kier molecular flexibility index (Phi) is 5.10. The van der Waals surface area contributed by atoms with Crippen molar-refractivity contribution in [2.75, 3.05) is 45.8 Å². The van der Waals surface area contributed by atoms with Crippen LogP contribution in [-0.4, -0.2) is 71.6 Å². The van der Waals surface area contributed by atoms with Crippen LogP contribution in [0.3, 0.4) is 0 Å². The average molecular weight is 306 g/mol. The van der Waals surface area contributed by atoms with Gasteiger partial charge in [-0.15, -0.1) is 0 Å². The van der Waals surface area contributed by atoms with E-state index in [4.69, 9.17) is 4.52 Å². The van der Waals surface area contributed by atoms with Crippen molar-refractivity contribution in [3.63, 3.8) is 0 Å². The molecule has 6 nitrogen and oxygen atoms in total. The molecule has 0 aromatic carbocycles. The summed E-state index contributed by atoms with van der Waals surface area (Å²) in [4.78, 5) is 19.0. The molecular formula is C16H26N4O2. The van der Waals surface area contributed by atoms with Gasteiger partial charge < -0.3 is 9.42 Å². The van der Waals surface area contributed by atoms with E-state index in [1.54, 1.807) is 0 Å². The van der Waals surface area contributed by atoms with Gasteiger partial charge in [0.05, 0.1) is 12.2 Å². The van der Waals surface area contributed by atoms with Crippen LogP contribution in [0.25, 0.3) is 0 Å². The molecule has 0 bridgehead atoms. The maximum Gasteiger partial charge on any atom is 0.236 e. The molecule has 2 aliphatic heterocycles. The quantitative estimate of drug-likeness (QED) is 0.834. The Balaban J connectivity index is 1.46. The van der Waals surface area contributed by atoms with Crippen LogP contribution in [0, 0.1) is 6.92 Å². The third-order valence-corrected chi connectivity index (χ3v) is 4.56. The van der Waals surface area contributed by atoms with Crippen molar-refractivity contribution in [1.29, 1.82) is 0 Å². The van der Waals surface area contributed by atoms with E-state index in [0.29, 0.717) is 12.5 Å². The summed E-state index contributed by atoms with van der Waals surface area (Å²) in [5.74, 6) is 1.17. The van der Waals surface area contributed by atoms with Gasteiger partial charge in [0.25, 0.3) is 0 Å². The second-order valence-corrected chi connectivity index (χ2v) is 6.42. The summed E-state index contributed by atoms with van der Waals surface area (Å²) in [6, 6.07) is 2.00. The van der Waals surface area contributed by atoms with Crippen molar-refractivity contribution >= 4 is 5.91 Å². The molecule has 2 saturated heterocycles. The molecule has 2 fully saturated rings. The lowest BCUT2D eigenvalue weighted by Gasteiger charge is -2.23. The minimum absolute atomic E-state index is 0.304. The number of carbonyl (C=O) groups is 1. The van der Waals surface area contributed by atoms with E-state index >= 15 is 0 Å². The highest BCUT2D eigenvalue weighted by Crippen LogP contribution is 2.11. The van der Waals surface area contributed by atoms with Crippen molar-refractivity contribution in [3.05, 3.63) is 17.5 Å². The largest absolute Gasteiger partial charge is 0.361 e. The second kappa shape index (κ2) is 7.24. The summed E-state index contributed by atoms with van der Waals surface area (Å²) in [6.45, 7) is 9.24. The van der Waals surface area contributed by atoms with Crippen LogP contribution in [0.2, 0.25) is 0 Å². The molecular weight excluding hydrogens is 280 g/mol. The van der Waals surface area contributed by atoms with E-state index < -0.39 is 0 Å². The number of nitrogens with zero attached hydrogens (tertiary/aromatic N) is 4. The summed E-state index contributed by atoms with van der Waals surface area (Å²) in [5.41, 5.74) is 0.999. The maximum atomic E-state index is 12.2. The molecule has 0 N–H and O–H groups in total. The smallest absolute Gasteiger partial charge is 0.236 e. The Hall–Kier alpha value is -1.40. The van der Waals surface area contributed by atoms with Crippen molar-refractivity contribution in [3.8, 4) is 0 Å². The van der Waals surface area contributed by atoms with Crippen LogP contribution in [0.5, 0.6) is 0 Å². The third-order valence-electron chi connectivity index (χ3n) is 4.56. The highest BCUT2D eigenvalue weighted by Gasteiger charge is 2.22. The lowest BCUT2D eigenvalue weighted by Crippen LogP contribution is -2.40. The normalized spacial score (nSPS) is 21.2. The first-order valence-electron chi connectivity index (χ1n) is 8.35. The Morgan fingerprint density at radius 2 is 1.82 bits per heavy atom. The molecule has 1 aromatic rings. The van der Waals surface area contributed by atoms with Crippen LogP contribution in [0.1, 0.15) is 30.7 Å². The number of likely N-dealkylation sites (tertiary alicyclic amines) is 1. The van der Waals surface area contributed by atoms with E-state index in [-0.39, 0.29) is 0 Å². The number of hydrogen-bond donors (Lipinski definition) is 0. The fourth-order valence-corrected chi connectivity index (χ4v) is 3.32. The first-order valence-corrected chi connectivity index (χ1v) is 8.35. The summed E-state index contributed by atoms with van der Waals surface area (Å²) in [5, 5.41) is 4.07. The fourth-order valence-electron chi connectivity index (χ4n) is 3.32. The Morgan fingerprint density at radius 3 is 2.55 bits per heavy atom. The molecule has 1 aromatic heterocycles. The monoisotopic (exact) mass is 306 g/mol. The molecule has 0 spiro atoms. The van der Waals surface area contributed by atoms with E-state index in [1.165, 1.54) is 0 Å². The topological polar surface area (TPSA) is 52.8 Å². The van der Waals surface area contributed by atoms with E-state index in [0.717, 1.165) is 76.5 Å². The fraction of sp³-hybridized carbons (Fsp3) is 0.750. The minimum Gasteiger partial charge on any atom is -0.361 e. The molecule has 0 saturated carbocycles. The van der Waals surface area contributed by atoms with Gasteiger partial charge in [0.1, 0.15) is 5.76 Å². The number of amides is 1. The molecule has 1 amide bonds. The molecule has 0 unspecified atom stereocenters. The predicted molar refractivity (Wildman–Crippen MR) is 83.4 cm³/mol. The molecule has 3 rings (SSSR count). The van der Waals surface area contributed by atoms with Crippen molar-refractivity contribution in [1.82, 2.24) is 19.9 Å². The van der Waals surface area contributed by atoms with Crippen LogP contribution >= 0.6 is 0 Å². The van der Waals surface area contributed by atoms with Gasteiger partial charge in [-0.05, 0) is 39.3 Å². The van der Waals surface area contributed by atoms with Crippen LogP contribution in [-0.2, 0) is 11.3 Å². The first kappa shape index (κ1) is 15.5. The Bertz CT molecular complexity index is 496. The van der Waals surface area contributed by atoms with Gasteiger partial charge in [0.2, 0.25) is 5.91 Å². The number of aryl methyl sites for hydroxylation is 1. The highest BCUT2D eigenvalue weighted by atomic mass is 16.5. The van der Waals surface area contributed by atoms with Gasteiger partial charge in [0.15, 0.2) is 0 Å². The number of aromatic nitrogens is 1. The summed E-state index contributed by atoms with van der Waals surface area (Å²) >= 11 is 0. The zero-order chi connectivity index (χ0) is 15.4.